The molecule has 0 aliphatic carbocycles. The summed E-state index contributed by atoms with van der Waals surface area (Å²) in [6.07, 6.45) is -0.306. The maximum atomic E-state index is 12.3. The SMILES string of the molecule is CC(C)(C)OC(=O)N1CCN(CCS(=O)(=O)c2ccccc2)CC1. The summed E-state index contributed by atoms with van der Waals surface area (Å²) in [4.78, 5) is 16.1. The van der Waals surface area contributed by atoms with E-state index in [9.17, 15) is 13.2 Å². The Morgan fingerprint density at radius 3 is 2.21 bits per heavy atom. The third-order valence-electron chi connectivity index (χ3n) is 3.80. The van der Waals surface area contributed by atoms with Crippen LogP contribution in [0.15, 0.2) is 35.2 Å². The molecular weight excluding hydrogens is 328 g/mol. The lowest BCUT2D eigenvalue weighted by atomic mass is 10.2. The Hall–Kier alpha value is -1.60. The molecule has 7 heteroatoms. The molecule has 0 bridgehead atoms. The number of benzene rings is 1. The van der Waals surface area contributed by atoms with Gasteiger partial charge in [0, 0.05) is 32.7 Å². The fraction of sp³-hybridized carbons (Fsp3) is 0.588. The third-order valence-corrected chi connectivity index (χ3v) is 5.51. The average molecular weight is 354 g/mol. The Balaban J connectivity index is 1.80. The summed E-state index contributed by atoms with van der Waals surface area (Å²) in [5, 5.41) is 0. The molecule has 1 aromatic carbocycles. The zero-order valence-corrected chi connectivity index (χ0v) is 15.4. The molecular formula is C17H26N2O4S. The molecule has 1 fully saturated rings. The molecule has 134 valence electrons. The molecule has 0 unspecified atom stereocenters. The van der Waals surface area contributed by atoms with Crippen molar-refractivity contribution in [3.63, 3.8) is 0 Å². The molecule has 2 rings (SSSR count). The molecule has 1 saturated heterocycles. The number of carbonyl (C=O) groups is 1. The van der Waals surface area contributed by atoms with Crippen LogP contribution in [0.2, 0.25) is 0 Å². The quantitative estimate of drug-likeness (QED) is 0.827. The van der Waals surface area contributed by atoms with Gasteiger partial charge in [0.2, 0.25) is 0 Å². The van der Waals surface area contributed by atoms with Crippen molar-refractivity contribution in [2.24, 2.45) is 0 Å². The van der Waals surface area contributed by atoms with Crippen molar-refractivity contribution in [1.29, 1.82) is 0 Å². The van der Waals surface area contributed by atoms with Gasteiger partial charge in [-0.25, -0.2) is 13.2 Å². The van der Waals surface area contributed by atoms with Gasteiger partial charge in [0.1, 0.15) is 5.60 Å². The van der Waals surface area contributed by atoms with Crippen LogP contribution in [-0.4, -0.2) is 68.4 Å². The first-order valence-electron chi connectivity index (χ1n) is 8.15. The molecule has 0 aromatic heterocycles. The van der Waals surface area contributed by atoms with E-state index in [1.54, 1.807) is 35.2 Å². The maximum absolute atomic E-state index is 12.3. The lowest BCUT2D eigenvalue weighted by Gasteiger charge is -2.35. The highest BCUT2D eigenvalue weighted by Gasteiger charge is 2.26. The lowest BCUT2D eigenvalue weighted by Crippen LogP contribution is -2.50. The number of carbonyl (C=O) groups excluding carboxylic acids is 1. The number of sulfone groups is 1. The second kappa shape index (κ2) is 7.53. The number of hydrogen-bond acceptors (Lipinski definition) is 5. The average Bonchev–Trinajstić information content (AvgIpc) is 2.53. The van der Waals surface area contributed by atoms with Crippen molar-refractivity contribution < 1.29 is 17.9 Å². The summed E-state index contributed by atoms with van der Waals surface area (Å²) in [6, 6.07) is 8.50. The largest absolute Gasteiger partial charge is 0.444 e. The van der Waals surface area contributed by atoms with Crippen molar-refractivity contribution >= 4 is 15.9 Å². The Labute approximate surface area is 144 Å². The molecule has 24 heavy (non-hydrogen) atoms. The number of ether oxygens (including phenoxy) is 1. The number of piperazine rings is 1. The van der Waals surface area contributed by atoms with Gasteiger partial charge in [-0.15, -0.1) is 0 Å². The van der Waals surface area contributed by atoms with Gasteiger partial charge >= 0.3 is 6.09 Å². The van der Waals surface area contributed by atoms with Crippen molar-refractivity contribution in [3.8, 4) is 0 Å². The van der Waals surface area contributed by atoms with Gasteiger partial charge in [-0.2, -0.15) is 0 Å². The van der Waals surface area contributed by atoms with Gasteiger partial charge in [-0.05, 0) is 32.9 Å². The van der Waals surface area contributed by atoms with Crippen molar-refractivity contribution in [2.75, 3.05) is 38.5 Å². The Bertz CT molecular complexity index is 645. The first-order valence-corrected chi connectivity index (χ1v) is 9.81. The van der Waals surface area contributed by atoms with E-state index in [1.807, 2.05) is 20.8 Å². The molecule has 1 aromatic rings. The Morgan fingerprint density at radius 1 is 1.08 bits per heavy atom. The zero-order valence-electron chi connectivity index (χ0n) is 14.6. The van der Waals surface area contributed by atoms with E-state index in [1.165, 1.54) is 0 Å². The zero-order chi connectivity index (χ0) is 17.8. The Kier molecular flexibility index (Phi) is 5.87. The summed E-state index contributed by atoms with van der Waals surface area (Å²) in [5.41, 5.74) is -0.502. The summed E-state index contributed by atoms with van der Waals surface area (Å²) in [7, 11) is -3.26. The van der Waals surface area contributed by atoms with E-state index in [0.717, 1.165) is 0 Å². The maximum Gasteiger partial charge on any atom is 0.410 e. The standard InChI is InChI=1S/C17H26N2O4S/c1-17(2,3)23-16(20)19-11-9-18(10-12-19)13-14-24(21,22)15-7-5-4-6-8-15/h4-8H,9-14H2,1-3H3. The number of amides is 1. The molecule has 0 radical (unpaired) electrons. The minimum Gasteiger partial charge on any atom is -0.444 e. The first-order chi connectivity index (χ1) is 11.2. The molecule has 1 amide bonds. The van der Waals surface area contributed by atoms with Gasteiger partial charge < -0.3 is 9.64 Å². The van der Waals surface area contributed by atoms with Crippen molar-refractivity contribution in [2.45, 2.75) is 31.3 Å². The molecule has 0 spiro atoms. The summed E-state index contributed by atoms with van der Waals surface area (Å²) in [5.74, 6) is 0.0868. The van der Waals surface area contributed by atoms with Gasteiger partial charge in [-0.1, -0.05) is 18.2 Å². The van der Waals surface area contributed by atoms with E-state index in [4.69, 9.17) is 4.74 Å². The topological polar surface area (TPSA) is 66.9 Å². The van der Waals surface area contributed by atoms with Gasteiger partial charge in [-0.3, -0.25) is 4.90 Å². The smallest absolute Gasteiger partial charge is 0.410 e. The third kappa shape index (κ3) is 5.49. The molecule has 6 nitrogen and oxygen atoms in total. The molecule has 1 aliphatic heterocycles. The van der Waals surface area contributed by atoms with E-state index in [2.05, 4.69) is 4.90 Å². The van der Waals surface area contributed by atoms with Gasteiger partial charge in [0.25, 0.3) is 0 Å². The van der Waals surface area contributed by atoms with E-state index < -0.39 is 15.4 Å². The lowest BCUT2D eigenvalue weighted by molar-refractivity contribution is 0.0150. The second-order valence-electron chi connectivity index (χ2n) is 6.94. The molecule has 0 saturated carbocycles. The van der Waals surface area contributed by atoms with Crippen LogP contribution in [0.4, 0.5) is 4.79 Å². The number of hydrogen-bond donors (Lipinski definition) is 0. The molecule has 1 aliphatic rings. The minimum atomic E-state index is -3.26. The Morgan fingerprint density at radius 2 is 1.67 bits per heavy atom. The van der Waals surface area contributed by atoms with Crippen molar-refractivity contribution in [1.82, 2.24) is 9.80 Å². The highest BCUT2D eigenvalue weighted by atomic mass is 32.2. The number of nitrogens with zero attached hydrogens (tertiary/aromatic N) is 2. The summed E-state index contributed by atoms with van der Waals surface area (Å²) < 4.78 is 29.9. The second-order valence-corrected chi connectivity index (χ2v) is 9.05. The van der Waals surface area contributed by atoms with Crippen LogP contribution in [0, 0.1) is 0 Å². The van der Waals surface area contributed by atoms with Gasteiger partial charge in [0.05, 0.1) is 10.6 Å². The fourth-order valence-electron chi connectivity index (χ4n) is 2.48. The first kappa shape index (κ1) is 18.7. The predicted octanol–water partition coefficient (Wildman–Crippen LogP) is 2.01. The summed E-state index contributed by atoms with van der Waals surface area (Å²) >= 11 is 0. The van der Waals surface area contributed by atoms with E-state index in [-0.39, 0.29) is 11.8 Å². The molecule has 0 atom stereocenters. The van der Waals surface area contributed by atoms with Crippen LogP contribution in [0.25, 0.3) is 0 Å². The van der Waals surface area contributed by atoms with Crippen LogP contribution < -0.4 is 0 Å². The monoisotopic (exact) mass is 354 g/mol. The van der Waals surface area contributed by atoms with Crippen LogP contribution >= 0.6 is 0 Å². The van der Waals surface area contributed by atoms with Crippen LogP contribution in [0.1, 0.15) is 20.8 Å². The normalized spacial score (nSPS) is 16.9. The fourth-order valence-corrected chi connectivity index (χ4v) is 3.78. The van der Waals surface area contributed by atoms with E-state index in [0.29, 0.717) is 37.6 Å². The summed E-state index contributed by atoms with van der Waals surface area (Å²) in [6.45, 7) is 8.42. The van der Waals surface area contributed by atoms with Crippen LogP contribution in [0.5, 0.6) is 0 Å². The predicted molar refractivity (Wildman–Crippen MR) is 92.7 cm³/mol. The van der Waals surface area contributed by atoms with E-state index >= 15 is 0 Å². The highest BCUT2D eigenvalue weighted by Crippen LogP contribution is 2.13. The highest BCUT2D eigenvalue weighted by molar-refractivity contribution is 7.91. The molecule has 1 heterocycles. The minimum absolute atomic E-state index is 0.0868. The van der Waals surface area contributed by atoms with Crippen molar-refractivity contribution in [3.05, 3.63) is 30.3 Å². The van der Waals surface area contributed by atoms with Crippen LogP contribution in [-0.2, 0) is 14.6 Å². The molecule has 0 N–H and O–H groups in total. The number of rotatable bonds is 4. The van der Waals surface area contributed by atoms with Crippen LogP contribution in [0.3, 0.4) is 0 Å². The van der Waals surface area contributed by atoms with Gasteiger partial charge in [0.15, 0.2) is 9.84 Å².